The molecule has 0 spiro atoms. The van der Waals surface area contributed by atoms with E-state index in [1.807, 2.05) is 6.07 Å². The predicted octanol–water partition coefficient (Wildman–Crippen LogP) is 2.97. The van der Waals surface area contributed by atoms with Crippen molar-refractivity contribution in [2.75, 3.05) is 27.2 Å². The second-order valence-electron chi connectivity index (χ2n) is 6.40. The number of ether oxygens (including phenoxy) is 1. The summed E-state index contributed by atoms with van der Waals surface area (Å²) in [5, 5.41) is 3.64. The molecule has 3 rings (SSSR count). The summed E-state index contributed by atoms with van der Waals surface area (Å²) >= 11 is 0. The van der Waals surface area contributed by atoms with Gasteiger partial charge in [0.1, 0.15) is 0 Å². The Morgan fingerprint density at radius 3 is 2.81 bits per heavy atom. The van der Waals surface area contributed by atoms with Gasteiger partial charge in [-0.05, 0) is 62.9 Å². The van der Waals surface area contributed by atoms with Crippen LogP contribution in [-0.2, 0) is 0 Å². The highest BCUT2D eigenvalue weighted by molar-refractivity contribution is 5.31. The van der Waals surface area contributed by atoms with Crippen LogP contribution in [0.15, 0.2) is 18.2 Å². The van der Waals surface area contributed by atoms with Gasteiger partial charge >= 0.3 is 0 Å². The van der Waals surface area contributed by atoms with Crippen LogP contribution in [0.4, 0.5) is 4.39 Å². The van der Waals surface area contributed by atoms with Gasteiger partial charge in [0.25, 0.3) is 0 Å². The molecule has 0 aromatic heterocycles. The average molecular weight is 292 g/mol. The van der Waals surface area contributed by atoms with Crippen LogP contribution in [0.1, 0.15) is 37.3 Å². The number of halogens is 1. The number of nitrogens with one attached hydrogen (secondary N) is 1. The number of hydrogen-bond acceptors (Lipinski definition) is 3. The van der Waals surface area contributed by atoms with E-state index in [0.29, 0.717) is 17.7 Å². The molecule has 2 fully saturated rings. The van der Waals surface area contributed by atoms with Gasteiger partial charge in [-0.25, -0.2) is 4.39 Å². The first-order valence-electron chi connectivity index (χ1n) is 7.96. The Hall–Kier alpha value is -1.13. The maximum Gasteiger partial charge on any atom is 0.165 e. The maximum atomic E-state index is 14.0. The smallest absolute Gasteiger partial charge is 0.165 e. The lowest BCUT2D eigenvalue weighted by Crippen LogP contribution is -2.41. The lowest BCUT2D eigenvalue weighted by atomic mass is 9.84. The van der Waals surface area contributed by atoms with Crippen molar-refractivity contribution in [2.45, 2.75) is 37.8 Å². The Bertz CT molecular complexity index is 490. The summed E-state index contributed by atoms with van der Waals surface area (Å²) in [6, 6.07) is 6.43. The van der Waals surface area contributed by atoms with Crippen molar-refractivity contribution < 1.29 is 9.13 Å². The highest BCUT2D eigenvalue weighted by Crippen LogP contribution is 2.36. The molecule has 0 bridgehead atoms. The van der Waals surface area contributed by atoms with Gasteiger partial charge in [0.2, 0.25) is 0 Å². The molecule has 116 valence electrons. The number of rotatable bonds is 5. The number of benzene rings is 1. The third kappa shape index (κ3) is 3.38. The Morgan fingerprint density at radius 1 is 1.33 bits per heavy atom. The van der Waals surface area contributed by atoms with E-state index in [0.717, 1.165) is 24.7 Å². The molecule has 1 heterocycles. The summed E-state index contributed by atoms with van der Waals surface area (Å²) in [6.45, 7) is 2.12. The molecule has 1 aliphatic heterocycles. The molecule has 2 atom stereocenters. The molecule has 3 nitrogen and oxygen atoms in total. The lowest BCUT2D eigenvalue weighted by Gasteiger charge is -2.40. The first-order valence-corrected chi connectivity index (χ1v) is 7.96. The van der Waals surface area contributed by atoms with Gasteiger partial charge in [-0.1, -0.05) is 6.07 Å². The standard InChI is InChI=1S/C17H25FN2O/c1-20-9-3-4-13(11-19-14-6-7-14)17(20)12-5-8-16(21-2)15(18)10-12/h5,8,10,13-14,17,19H,3-4,6-7,9,11H2,1-2H3. The number of hydrogen-bond donors (Lipinski definition) is 1. The van der Waals surface area contributed by atoms with Crippen LogP contribution in [-0.4, -0.2) is 38.2 Å². The van der Waals surface area contributed by atoms with Crippen LogP contribution in [0.3, 0.4) is 0 Å². The molecule has 2 unspecified atom stereocenters. The van der Waals surface area contributed by atoms with Gasteiger partial charge in [0.15, 0.2) is 11.6 Å². The van der Waals surface area contributed by atoms with E-state index in [1.165, 1.54) is 32.8 Å². The number of nitrogens with zero attached hydrogens (tertiary/aromatic N) is 1. The summed E-state index contributed by atoms with van der Waals surface area (Å²) in [4.78, 5) is 2.37. The molecule has 1 saturated heterocycles. The third-order valence-electron chi connectivity index (χ3n) is 4.77. The van der Waals surface area contributed by atoms with Gasteiger partial charge in [0, 0.05) is 18.6 Å². The van der Waals surface area contributed by atoms with Gasteiger partial charge in [-0.15, -0.1) is 0 Å². The van der Waals surface area contributed by atoms with Crippen molar-refractivity contribution in [2.24, 2.45) is 5.92 Å². The molecule has 0 amide bonds. The van der Waals surface area contributed by atoms with E-state index < -0.39 is 0 Å². The fraction of sp³-hybridized carbons (Fsp3) is 0.647. The summed E-state index contributed by atoms with van der Waals surface area (Å²) in [6.07, 6.45) is 5.06. The van der Waals surface area contributed by atoms with E-state index in [4.69, 9.17) is 4.74 Å². The lowest BCUT2D eigenvalue weighted by molar-refractivity contribution is 0.119. The number of likely N-dealkylation sites (tertiary alicyclic amines) is 1. The largest absolute Gasteiger partial charge is 0.494 e. The maximum absolute atomic E-state index is 14.0. The Kier molecular flexibility index (Phi) is 4.45. The van der Waals surface area contributed by atoms with E-state index in [9.17, 15) is 4.39 Å². The van der Waals surface area contributed by atoms with Crippen LogP contribution in [0.2, 0.25) is 0 Å². The van der Waals surface area contributed by atoms with E-state index >= 15 is 0 Å². The first-order chi connectivity index (χ1) is 10.2. The van der Waals surface area contributed by atoms with E-state index in [2.05, 4.69) is 17.3 Å². The van der Waals surface area contributed by atoms with Crippen LogP contribution >= 0.6 is 0 Å². The molecule has 1 aromatic carbocycles. The van der Waals surface area contributed by atoms with Crippen LogP contribution in [0.5, 0.6) is 5.75 Å². The monoisotopic (exact) mass is 292 g/mol. The van der Waals surface area contributed by atoms with Crippen LogP contribution in [0.25, 0.3) is 0 Å². The second-order valence-corrected chi connectivity index (χ2v) is 6.40. The zero-order valence-electron chi connectivity index (χ0n) is 12.9. The SMILES string of the molecule is COc1ccc(C2C(CNC3CC3)CCCN2C)cc1F. The van der Waals surface area contributed by atoms with E-state index in [1.54, 1.807) is 12.1 Å². The van der Waals surface area contributed by atoms with Crippen molar-refractivity contribution in [3.63, 3.8) is 0 Å². The van der Waals surface area contributed by atoms with Gasteiger partial charge in [-0.3, -0.25) is 4.90 Å². The number of methoxy groups -OCH3 is 1. The molecule has 1 N–H and O–H groups in total. The Balaban J connectivity index is 1.78. The average Bonchev–Trinajstić information content (AvgIpc) is 3.29. The zero-order chi connectivity index (χ0) is 14.8. The second kappa shape index (κ2) is 6.32. The number of piperidine rings is 1. The minimum Gasteiger partial charge on any atom is -0.494 e. The highest BCUT2D eigenvalue weighted by Gasteiger charge is 2.32. The van der Waals surface area contributed by atoms with Gasteiger partial charge in [0.05, 0.1) is 7.11 Å². The van der Waals surface area contributed by atoms with Crippen LogP contribution in [0, 0.1) is 11.7 Å². The molecule has 0 radical (unpaired) electrons. The molecule has 21 heavy (non-hydrogen) atoms. The molecule has 1 saturated carbocycles. The van der Waals surface area contributed by atoms with Crippen molar-refractivity contribution >= 4 is 0 Å². The minimum atomic E-state index is -0.261. The quantitative estimate of drug-likeness (QED) is 0.903. The van der Waals surface area contributed by atoms with Crippen molar-refractivity contribution in [1.29, 1.82) is 0 Å². The molecule has 1 aliphatic carbocycles. The normalized spacial score (nSPS) is 26.8. The Morgan fingerprint density at radius 2 is 2.14 bits per heavy atom. The van der Waals surface area contributed by atoms with Crippen LogP contribution < -0.4 is 10.1 Å². The fourth-order valence-electron chi connectivity index (χ4n) is 3.47. The topological polar surface area (TPSA) is 24.5 Å². The van der Waals surface area contributed by atoms with E-state index in [-0.39, 0.29) is 5.82 Å². The van der Waals surface area contributed by atoms with Crippen molar-refractivity contribution in [1.82, 2.24) is 10.2 Å². The summed E-state index contributed by atoms with van der Waals surface area (Å²) < 4.78 is 19.1. The van der Waals surface area contributed by atoms with Gasteiger partial charge < -0.3 is 10.1 Å². The first kappa shape index (κ1) is 14.8. The predicted molar refractivity (Wildman–Crippen MR) is 82.1 cm³/mol. The summed E-state index contributed by atoms with van der Waals surface area (Å²) in [5.41, 5.74) is 1.07. The molecular formula is C17H25FN2O. The molecule has 2 aliphatic rings. The van der Waals surface area contributed by atoms with Crippen molar-refractivity contribution in [3.8, 4) is 5.75 Å². The fourth-order valence-corrected chi connectivity index (χ4v) is 3.47. The minimum absolute atomic E-state index is 0.261. The molecule has 1 aromatic rings. The van der Waals surface area contributed by atoms with Crippen molar-refractivity contribution in [3.05, 3.63) is 29.6 Å². The molecule has 4 heteroatoms. The zero-order valence-corrected chi connectivity index (χ0v) is 12.9. The third-order valence-corrected chi connectivity index (χ3v) is 4.77. The summed E-state index contributed by atoms with van der Waals surface area (Å²) in [5.74, 6) is 0.616. The Labute approximate surface area is 126 Å². The summed E-state index contributed by atoms with van der Waals surface area (Å²) in [7, 11) is 3.66. The molecular weight excluding hydrogens is 267 g/mol. The van der Waals surface area contributed by atoms with Gasteiger partial charge in [-0.2, -0.15) is 0 Å². The highest BCUT2D eigenvalue weighted by atomic mass is 19.1.